The van der Waals surface area contributed by atoms with E-state index in [0.717, 1.165) is 29.5 Å². The van der Waals surface area contributed by atoms with Crippen molar-refractivity contribution in [3.05, 3.63) is 39.5 Å². The number of fused-ring (bicyclic) bond motifs is 3. The summed E-state index contributed by atoms with van der Waals surface area (Å²) in [6.45, 7) is 5.56. The largest absolute Gasteiger partial charge is 0.437 e. The van der Waals surface area contributed by atoms with Gasteiger partial charge in [-0.25, -0.2) is 13.4 Å². The second kappa shape index (κ2) is 8.53. The van der Waals surface area contributed by atoms with Crippen LogP contribution in [0.5, 0.6) is 11.6 Å². The molecule has 0 spiro atoms. The molecular weight excluding hydrogens is 470 g/mol. The number of nitrogens with zero attached hydrogens (tertiary/aromatic N) is 3. The van der Waals surface area contributed by atoms with E-state index in [0.29, 0.717) is 49.7 Å². The maximum absolute atomic E-state index is 12.9. The van der Waals surface area contributed by atoms with Crippen LogP contribution in [0.3, 0.4) is 0 Å². The van der Waals surface area contributed by atoms with Crippen LogP contribution in [0.4, 0.5) is 0 Å². The highest BCUT2D eigenvalue weighted by Crippen LogP contribution is 2.42. The molecule has 3 heterocycles. The van der Waals surface area contributed by atoms with Crippen LogP contribution in [0.2, 0.25) is 5.02 Å². The molecule has 1 aliphatic carbocycles. The number of ether oxygens (including phenoxy) is 2. The lowest BCUT2D eigenvalue weighted by Gasteiger charge is -2.26. The van der Waals surface area contributed by atoms with Crippen molar-refractivity contribution in [3.8, 4) is 11.6 Å². The molecule has 0 N–H and O–H groups in total. The van der Waals surface area contributed by atoms with Gasteiger partial charge in [0.15, 0.2) is 0 Å². The minimum Gasteiger partial charge on any atom is -0.437 e. The summed E-state index contributed by atoms with van der Waals surface area (Å²) in [7, 11) is -3.63. The van der Waals surface area contributed by atoms with Gasteiger partial charge in [0.1, 0.15) is 16.4 Å². The zero-order valence-electron chi connectivity index (χ0n) is 17.9. The van der Waals surface area contributed by atoms with Crippen LogP contribution in [0.15, 0.2) is 23.1 Å². The van der Waals surface area contributed by atoms with Crippen molar-refractivity contribution in [2.24, 2.45) is 5.92 Å². The van der Waals surface area contributed by atoms with Crippen LogP contribution in [0, 0.1) is 12.8 Å². The molecule has 1 aliphatic heterocycles. The van der Waals surface area contributed by atoms with Gasteiger partial charge in [0.05, 0.1) is 28.5 Å². The Balaban J connectivity index is 1.49. The summed E-state index contributed by atoms with van der Waals surface area (Å²) >= 11 is 8.19. The summed E-state index contributed by atoms with van der Waals surface area (Å²) in [4.78, 5) is 11.6. The maximum atomic E-state index is 12.9. The molecule has 0 amide bonds. The topological polar surface area (TPSA) is 81.6 Å². The normalized spacial score (nSPS) is 19.8. The zero-order valence-corrected chi connectivity index (χ0v) is 20.3. The van der Waals surface area contributed by atoms with Crippen LogP contribution in [0.1, 0.15) is 29.6 Å². The van der Waals surface area contributed by atoms with Crippen molar-refractivity contribution in [2.75, 3.05) is 26.3 Å². The summed E-state index contributed by atoms with van der Waals surface area (Å²) in [6.07, 6.45) is 3.15. The molecule has 0 saturated carbocycles. The summed E-state index contributed by atoms with van der Waals surface area (Å²) in [6, 6.07) is 4.57. The molecule has 2 aliphatic rings. The SMILES string of the molecule is Cc1nc(Oc2ccc(S(=O)(=O)N3CCOCC3)cc2Cl)c2c3c(sc2n1)CC(C)CC3. The van der Waals surface area contributed by atoms with Crippen molar-refractivity contribution >= 4 is 43.2 Å². The highest BCUT2D eigenvalue weighted by molar-refractivity contribution is 7.89. The lowest BCUT2D eigenvalue weighted by molar-refractivity contribution is 0.0730. The van der Waals surface area contributed by atoms with Crippen LogP contribution < -0.4 is 4.74 Å². The first-order valence-corrected chi connectivity index (χ1v) is 13.3. The summed E-state index contributed by atoms with van der Waals surface area (Å²) in [5.74, 6) is 2.13. The van der Waals surface area contributed by atoms with Crippen LogP contribution >= 0.6 is 22.9 Å². The minimum atomic E-state index is -3.63. The Labute approximate surface area is 196 Å². The van der Waals surface area contributed by atoms with Crippen molar-refractivity contribution in [3.63, 3.8) is 0 Å². The molecule has 1 aromatic carbocycles. The molecule has 0 bridgehead atoms. The molecule has 1 unspecified atom stereocenters. The quantitative estimate of drug-likeness (QED) is 0.528. The molecule has 3 aromatic rings. The van der Waals surface area contributed by atoms with Crippen molar-refractivity contribution in [2.45, 2.75) is 38.0 Å². The van der Waals surface area contributed by atoms with Gasteiger partial charge in [-0.3, -0.25) is 0 Å². The average molecular weight is 494 g/mol. The number of aryl methyl sites for hydroxylation is 2. The van der Waals surface area contributed by atoms with Gasteiger partial charge in [-0.15, -0.1) is 11.3 Å². The van der Waals surface area contributed by atoms with Crippen LogP contribution in [-0.2, 0) is 27.6 Å². The van der Waals surface area contributed by atoms with Gasteiger partial charge in [-0.05, 0) is 55.9 Å². The molecular formula is C22H24ClN3O4S2. The fourth-order valence-electron chi connectivity index (χ4n) is 4.25. The number of halogens is 1. The van der Waals surface area contributed by atoms with Gasteiger partial charge in [0, 0.05) is 18.0 Å². The second-order valence-electron chi connectivity index (χ2n) is 8.32. The van der Waals surface area contributed by atoms with Crippen LogP contribution in [-0.4, -0.2) is 49.0 Å². The van der Waals surface area contributed by atoms with E-state index >= 15 is 0 Å². The Hall–Kier alpha value is -1.78. The Kier molecular flexibility index (Phi) is 5.88. The molecule has 5 rings (SSSR count). The molecule has 1 saturated heterocycles. The van der Waals surface area contributed by atoms with E-state index in [-0.39, 0.29) is 9.92 Å². The second-order valence-corrected chi connectivity index (χ2v) is 11.7. The number of hydrogen-bond donors (Lipinski definition) is 0. The molecule has 1 fully saturated rings. The molecule has 0 radical (unpaired) electrons. The Morgan fingerprint density at radius 3 is 2.78 bits per heavy atom. The number of hydrogen-bond acceptors (Lipinski definition) is 7. The number of thiophene rings is 1. The summed E-state index contributed by atoms with van der Waals surface area (Å²) < 4.78 is 38.7. The smallest absolute Gasteiger partial charge is 0.243 e. The third kappa shape index (κ3) is 4.01. The third-order valence-corrected chi connectivity index (χ3v) is 9.29. The third-order valence-electron chi connectivity index (χ3n) is 5.95. The number of benzene rings is 1. The fraction of sp³-hybridized carbons (Fsp3) is 0.455. The van der Waals surface area contributed by atoms with E-state index in [2.05, 4.69) is 16.9 Å². The van der Waals surface area contributed by atoms with Gasteiger partial charge in [-0.2, -0.15) is 9.29 Å². The number of rotatable bonds is 4. The minimum absolute atomic E-state index is 0.141. The molecule has 1 atom stereocenters. The Morgan fingerprint density at radius 2 is 2.03 bits per heavy atom. The molecule has 2 aromatic heterocycles. The van der Waals surface area contributed by atoms with E-state index in [1.165, 1.54) is 26.9 Å². The monoisotopic (exact) mass is 493 g/mol. The average Bonchev–Trinajstić information content (AvgIpc) is 3.12. The lowest BCUT2D eigenvalue weighted by atomic mass is 9.89. The van der Waals surface area contributed by atoms with E-state index in [4.69, 9.17) is 21.1 Å². The summed E-state index contributed by atoms with van der Waals surface area (Å²) in [5.41, 5.74) is 1.26. The standard InChI is InChI=1S/C22H24ClN3O4S2/c1-13-3-5-16-19(11-13)31-22-20(16)21(24-14(2)25-22)30-18-6-4-15(12-17(18)23)32(27,28)26-7-9-29-10-8-26/h4,6,12-13H,3,5,7-11H2,1-2H3. The van der Waals surface area contributed by atoms with Gasteiger partial charge >= 0.3 is 0 Å². The highest BCUT2D eigenvalue weighted by atomic mass is 35.5. The van der Waals surface area contributed by atoms with E-state index in [9.17, 15) is 8.42 Å². The van der Waals surface area contributed by atoms with Gasteiger partial charge in [0.25, 0.3) is 0 Å². The number of aromatic nitrogens is 2. The predicted octanol–water partition coefficient (Wildman–Crippen LogP) is 4.59. The van der Waals surface area contributed by atoms with E-state index in [1.807, 2.05) is 6.92 Å². The first-order chi connectivity index (χ1) is 15.3. The van der Waals surface area contributed by atoms with Crippen LogP contribution in [0.25, 0.3) is 10.2 Å². The first kappa shape index (κ1) is 22.0. The Bertz CT molecular complexity index is 1290. The fourth-order valence-corrected chi connectivity index (χ4v) is 7.39. The lowest BCUT2D eigenvalue weighted by Crippen LogP contribution is -2.40. The first-order valence-electron chi connectivity index (χ1n) is 10.7. The van der Waals surface area contributed by atoms with Crippen molar-refractivity contribution in [1.82, 2.24) is 14.3 Å². The predicted molar refractivity (Wildman–Crippen MR) is 124 cm³/mol. The molecule has 170 valence electrons. The summed E-state index contributed by atoms with van der Waals surface area (Å²) in [5, 5.41) is 1.17. The van der Waals surface area contributed by atoms with Gasteiger partial charge < -0.3 is 9.47 Å². The molecule has 10 heteroatoms. The highest BCUT2D eigenvalue weighted by Gasteiger charge is 2.28. The maximum Gasteiger partial charge on any atom is 0.243 e. The van der Waals surface area contributed by atoms with Gasteiger partial charge in [-0.1, -0.05) is 18.5 Å². The number of morpholine rings is 1. The van der Waals surface area contributed by atoms with Gasteiger partial charge in [0.2, 0.25) is 15.9 Å². The number of sulfonamides is 1. The Morgan fingerprint density at radius 1 is 1.25 bits per heavy atom. The molecule has 32 heavy (non-hydrogen) atoms. The van der Waals surface area contributed by atoms with E-state index in [1.54, 1.807) is 17.4 Å². The van der Waals surface area contributed by atoms with Crippen molar-refractivity contribution in [1.29, 1.82) is 0 Å². The van der Waals surface area contributed by atoms with Crippen molar-refractivity contribution < 1.29 is 17.9 Å². The molecule has 7 nitrogen and oxygen atoms in total. The van der Waals surface area contributed by atoms with E-state index < -0.39 is 10.0 Å². The zero-order chi connectivity index (χ0) is 22.5.